The molecule has 278 valence electrons. The Morgan fingerprint density at radius 2 is 1.53 bits per heavy atom. The van der Waals surface area contributed by atoms with Crippen LogP contribution in [0.15, 0.2) is 67.8 Å². The second-order valence-corrected chi connectivity index (χ2v) is 14.1. The van der Waals surface area contributed by atoms with E-state index in [1.165, 1.54) is 77.1 Å². The lowest BCUT2D eigenvalue weighted by atomic mass is 9.75. The summed E-state index contributed by atoms with van der Waals surface area (Å²) in [6, 6.07) is 0.950. The number of likely N-dealkylation sites (tertiary alicyclic amines) is 1. The average molecular weight is 662 g/mol. The molecule has 7 N–H and O–H groups in total. The normalized spacial score (nSPS) is 16.8. The molecule has 3 atom stereocenters. The van der Waals surface area contributed by atoms with Crippen LogP contribution in [-0.4, -0.2) is 64.0 Å². The van der Waals surface area contributed by atoms with Gasteiger partial charge in [-0.15, -0.1) is 6.58 Å². The predicted octanol–water partition coefficient (Wildman–Crippen LogP) is 8.64. The van der Waals surface area contributed by atoms with Gasteiger partial charge >= 0.3 is 0 Å². The maximum Gasteiger partial charge on any atom is 0.0917 e. The Labute approximate surface area is 295 Å². The minimum Gasteiger partial charge on any atom is -0.403 e. The number of hydrogen-bond acceptors (Lipinski definition) is 7. The highest BCUT2D eigenvalue weighted by molar-refractivity contribution is 5.96. The topological polar surface area (TPSA) is 104 Å². The number of hydrogen-bond donors (Lipinski definition) is 5. The van der Waals surface area contributed by atoms with Gasteiger partial charge in [0.2, 0.25) is 0 Å². The van der Waals surface area contributed by atoms with Crippen molar-refractivity contribution >= 4 is 5.71 Å². The maximum atomic E-state index is 4.92. The molecule has 1 saturated heterocycles. The van der Waals surface area contributed by atoms with Gasteiger partial charge in [0.05, 0.1) is 11.9 Å². The lowest BCUT2D eigenvalue weighted by Gasteiger charge is -2.35. The number of nitrogens with zero attached hydrogens (tertiary/aromatic N) is 2. The van der Waals surface area contributed by atoms with Gasteiger partial charge in [-0.05, 0) is 88.5 Å². The number of allylic oxidation sites excluding steroid dienone is 2. The molecule has 47 heavy (non-hydrogen) atoms. The first-order valence-electron chi connectivity index (χ1n) is 17.9. The molecule has 1 saturated carbocycles. The van der Waals surface area contributed by atoms with Gasteiger partial charge in [0, 0.05) is 38.3 Å². The molecule has 2 rings (SSSR count). The molecule has 3 unspecified atom stereocenters. The lowest BCUT2D eigenvalue weighted by Crippen LogP contribution is -2.41. The fourth-order valence-electron chi connectivity index (χ4n) is 4.90. The van der Waals surface area contributed by atoms with Crippen molar-refractivity contribution in [3.8, 4) is 0 Å². The third-order valence-electron chi connectivity index (χ3n) is 7.52. The van der Waals surface area contributed by atoms with Crippen molar-refractivity contribution in [2.24, 2.45) is 39.6 Å². The van der Waals surface area contributed by atoms with E-state index in [2.05, 4.69) is 120 Å². The van der Waals surface area contributed by atoms with Crippen LogP contribution in [0.1, 0.15) is 113 Å². The summed E-state index contributed by atoms with van der Waals surface area (Å²) in [6.07, 6.45) is 17.6. The molecule has 7 nitrogen and oxygen atoms in total. The minimum atomic E-state index is 0.162. The Bertz CT molecular complexity index is 799. The second-order valence-electron chi connectivity index (χ2n) is 14.1. The van der Waals surface area contributed by atoms with Crippen LogP contribution in [-0.2, 0) is 0 Å². The van der Waals surface area contributed by atoms with Crippen LogP contribution < -0.4 is 27.4 Å². The van der Waals surface area contributed by atoms with E-state index in [9.17, 15) is 0 Å². The monoisotopic (exact) mass is 662 g/mol. The van der Waals surface area contributed by atoms with Crippen LogP contribution in [0.25, 0.3) is 0 Å². The van der Waals surface area contributed by atoms with E-state index in [1.807, 2.05) is 26.2 Å². The Hall–Kier alpha value is -2.51. The van der Waals surface area contributed by atoms with Crippen LogP contribution in [0.4, 0.5) is 0 Å². The number of rotatable bonds is 14. The third kappa shape index (κ3) is 31.8. The van der Waals surface area contributed by atoms with Crippen molar-refractivity contribution in [1.82, 2.24) is 20.9 Å². The molecule has 0 aromatic heterocycles. The van der Waals surface area contributed by atoms with Crippen molar-refractivity contribution in [3.05, 3.63) is 62.8 Å². The van der Waals surface area contributed by atoms with Gasteiger partial charge in [-0.25, -0.2) is 0 Å². The molecule has 0 amide bonds. The molecule has 0 radical (unpaired) electrons. The highest BCUT2D eigenvalue weighted by Gasteiger charge is 2.34. The smallest absolute Gasteiger partial charge is 0.0917 e. The van der Waals surface area contributed by atoms with Crippen molar-refractivity contribution < 1.29 is 0 Å². The average Bonchev–Trinajstić information content (AvgIpc) is 3.41. The summed E-state index contributed by atoms with van der Waals surface area (Å²) in [5.74, 6) is 3.30. The summed E-state index contributed by atoms with van der Waals surface area (Å²) < 4.78 is 0. The Kier molecular flexibility index (Phi) is 36.5. The van der Waals surface area contributed by atoms with Gasteiger partial charge in [-0.3, -0.25) is 4.99 Å². The molecular formula is C40H83N7. The maximum absolute atomic E-state index is 4.92. The molecule has 1 aliphatic heterocycles. The summed E-state index contributed by atoms with van der Waals surface area (Å²) in [5, 5.41) is 9.36. The second kappa shape index (κ2) is 33.4. The largest absolute Gasteiger partial charge is 0.403 e. The van der Waals surface area contributed by atoms with E-state index < -0.39 is 0 Å². The summed E-state index contributed by atoms with van der Waals surface area (Å²) in [7, 11) is 7.49. The van der Waals surface area contributed by atoms with Crippen molar-refractivity contribution in [2.75, 3.05) is 41.3 Å². The van der Waals surface area contributed by atoms with E-state index in [-0.39, 0.29) is 11.5 Å². The van der Waals surface area contributed by atoms with E-state index in [4.69, 9.17) is 5.73 Å². The van der Waals surface area contributed by atoms with Crippen molar-refractivity contribution in [3.63, 3.8) is 0 Å². The number of aliphatic imine (C=N–C) groups is 1. The number of nitrogens with two attached hydrogens (primary N) is 2. The van der Waals surface area contributed by atoms with Gasteiger partial charge in [0.1, 0.15) is 0 Å². The van der Waals surface area contributed by atoms with E-state index in [1.54, 1.807) is 13.1 Å². The zero-order chi connectivity index (χ0) is 37.4. The lowest BCUT2D eigenvalue weighted by molar-refractivity contribution is 0.203. The fourth-order valence-corrected chi connectivity index (χ4v) is 4.90. The zero-order valence-electron chi connectivity index (χ0n) is 33.5. The fraction of sp³-hybridized carbons (Fsp3) is 0.725. The molecule has 7 heteroatoms. The Morgan fingerprint density at radius 1 is 1.02 bits per heavy atom. The molecule has 2 fully saturated rings. The third-order valence-corrected chi connectivity index (χ3v) is 7.52. The first kappa shape index (κ1) is 51.3. The van der Waals surface area contributed by atoms with Gasteiger partial charge < -0.3 is 32.3 Å². The van der Waals surface area contributed by atoms with Crippen LogP contribution in [0, 0.1) is 23.2 Å². The summed E-state index contributed by atoms with van der Waals surface area (Å²) in [4.78, 5) is 7.00. The van der Waals surface area contributed by atoms with Crippen LogP contribution >= 0.6 is 0 Å². The van der Waals surface area contributed by atoms with Crippen LogP contribution in [0.3, 0.4) is 0 Å². The van der Waals surface area contributed by atoms with Crippen molar-refractivity contribution in [1.29, 1.82) is 0 Å². The Balaban J connectivity index is -0.000000283. The summed E-state index contributed by atoms with van der Waals surface area (Å²) in [6.45, 7) is 37.8. The quantitative estimate of drug-likeness (QED) is 0.0726. The molecule has 1 heterocycles. The van der Waals surface area contributed by atoms with E-state index in [0.29, 0.717) is 17.7 Å². The molecule has 0 bridgehead atoms. The molecule has 2 aliphatic rings. The first-order chi connectivity index (χ1) is 22.0. The summed E-state index contributed by atoms with van der Waals surface area (Å²) >= 11 is 0. The van der Waals surface area contributed by atoms with Crippen LogP contribution in [0.2, 0.25) is 0 Å². The molecule has 0 spiro atoms. The van der Waals surface area contributed by atoms with Gasteiger partial charge in [-0.2, -0.15) is 0 Å². The first-order valence-corrected chi connectivity index (χ1v) is 17.9. The van der Waals surface area contributed by atoms with Gasteiger partial charge in [0.25, 0.3) is 0 Å². The summed E-state index contributed by atoms with van der Waals surface area (Å²) in [5.41, 5.74) is 11.5. The molecule has 1 aliphatic carbocycles. The SMILES string of the molecule is C=C(C)N.C=CC(=NC)C(CC1CCC1)C1CCCN1C.C=CC(NC(=C)NCCCCC)C(C)(C)C.C=CNC.CC(C)C.CN. The molecule has 0 aromatic carbocycles. The van der Waals surface area contributed by atoms with E-state index >= 15 is 0 Å². The zero-order valence-corrected chi connectivity index (χ0v) is 33.5. The predicted molar refractivity (Wildman–Crippen MR) is 217 cm³/mol. The van der Waals surface area contributed by atoms with Gasteiger partial charge in [-0.1, -0.05) is 113 Å². The molecular weight excluding hydrogens is 578 g/mol. The number of nitrogens with one attached hydrogen (secondary N) is 3. The van der Waals surface area contributed by atoms with Crippen LogP contribution in [0.5, 0.6) is 0 Å². The highest BCUT2D eigenvalue weighted by Crippen LogP contribution is 2.36. The Morgan fingerprint density at radius 3 is 1.83 bits per heavy atom. The standard InChI is InChI=1S/C15H26N2.C14H28N2.C4H10.2C3H7N.CH5N/c1-4-14(16-2)13(11-12-7-5-8-12)15-9-6-10-17(15)3;1-7-9-10-11-15-12(3)16-13(8-2)14(4,5)6;1-4(2)3;1-3-4-2;1-3(2)4;1-2/h4,12-13,15H,1,5-11H2,2-3H3;8,13,15-16H,2-3,7,9-11H2,1,4-6H3;4H,1-3H3;3-4H,1H2,2H3;1,4H2,2H3;2H2,1H3. The molecule has 0 aromatic rings. The van der Waals surface area contributed by atoms with Crippen molar-refractivity contribution in [2.45, 2.75) is 125 Å². The van der Waals surface area contributed by atoms with Gasteiger partial charge in [0.15, 0.2) is 0 Å². The number of unbranched alkanes of at least 4 members (excludes halogenated alkanes) is 2. The highest BCUT2D eigenvalue weighted by atomic mass is 15.2. The minimum absolute atomic E-state index is 0.162. The van der Waals surface area contributed by atoms with E-state index in [0.717, 1.165) is 24.2 Å².